The number of hydrogen-bond acceptors (Lipinski definition) is 3. The lowest BCUT2D eigenvalue weighted by molar-refractivity contribution is -0.453. The van der Waals surface area contributed by atoms with Crippen LogP contribution in [0.25, 0.3) is 0 Å². The van der Waals surface area contributed by atoms with Crippen LogP contribution in [0.15, 0.2) is 0 Å². The van der Waals surface area contributed by atoms with Crippen molar-refractivity contribution >= 4 is 0 Å². The summed E-state index contributed by atoms with van der Waals surface area (Å²) in [4.78, 5) is 0. The Morgan fingerprint density at radius 3 is 0.722 bits per heavy atom. The molecule has 0 heterocycles. The Balaban J connectivity index is 6.12. The Bertz CT molecular complexity index is 1160. The predicted molar refractivity (Wildman–Crippen MR) is 109 cm³/mol. The summed E-state index contributed by atoms with van der Waals surface area (Å²) < 4.78 is 408. The van der Waals surface area contributed by atoms with E-state index in [1.165, 1.54) is 0 Å². The maximum atomic E-state index is 13.9. The molecular formula is C21H14F30O3. The van der Waals surface area contributed by atoms with Gasteiger partial charge in [0.1, 0.15) is 19.3 Å². The van der Waals surface area contributed by atoms with Crippen LogP contribution in [0, 0.1) is 0 Å². The standard InChI is InChI=1S/C21H14F30O3/c1-2-54-7(3-52-5-8(22,23)10(26,27)12(30,31)14(34,35)16(38,39)18(42,43)20(46,47)48)4-53-6-9(24,25)11(28,29)13(32,33)15(36,37)17(40,41)19(44,45)21(49,50)51/h7H,2-6H2,1H3. The molecule has 0 aromatic rings. The van der Waals surface area contributed by atoms with Crippen LogP contribution in [0.3, 0.4) is 0 Å². The van der Waals surface area contributed by atoms with Crippen LogP contribution in [0.5, 0.6) is 0 Å². The minimum absolute atomic E-state index is 0.748. The number of alkyl halides is 30. The molecule has 0 aliphatic heterocycles. The molecule has 0 atom stereocenters. The fourth-order valence-corrected chi connectivity index (χ4v) is 3.20. The Kier molecular flexibility index (Phi) is 14.0. The lowest BCUT2D eigenvalue weighted by Gasteiger charge is -2.41. The minimum atomic E-state index is -8.71. The summed E-state index contributed by atoms with van der Waals surface area (Å²) in [5, 5.41) is 0. The van der Waals surface area contributed by atoms with E-state index in [1.54, 1.807) is 0 Å². The molecule has 326 valence electrons. The van der Waals surface area contributed by atoms with E-state index < -0.39 is 123 Å². The first-order valence-corrected chi connectivity index (χ1v) is 12.6. The molecular weight excluding hydrogens is 870 g/mol. The summed E-state index contributed by atoms with van der Waals surface area (Å²) in [6.07, 6.45) is -18.5. The maximum absolute atomic E-state index is 13.9. The molecule has 0 radical (unpaired) electrons. The highest BCUT2D eigenvalue weighted by atomic mass is 19.4. The molecule has 0 rings (SSSR count). The van der Waals surface area contributed by atoms with Gasteiger partial charge in [0.2, 0.25) is 0 Å². The second kappa shape index (κ2) is 14.6. The van der Waals surface area contributed by atoms with E-state index in [-0.39, 0.29) is 0 Å². The summed E-state index contributed by atoms with van der Waals surface area (Å²) in [6.45, 7) is -11.6. The highest BCUT2D eigenvalue weighted by molar-refractivity contribution is 5.14. The monoisotopic (exact) mass is 884 g/mol. The molecule has 0 fully saturated rings. The Morgan fingerprint density at radius 2 is 0.519 bits per heavy atom. The van der Waals surface area contributed by atoms with Crippen molar-refractivity contribution < 1.29 is 146 Å². The fourth-order valence-electron chi connectivity index (χ4n) is 3.20. The summed E-state index contributed by atoms with van der Waals surface area (Å²) in [5.74, 6) is -98.8. The molecule has 0 aliphatic carbocycles. The highest BCUT2D eigenvalue weighted by Gasteiger charge is 2.94. The van der Waals surface area contributed by atoms with Gasteiger partial charge in [0.05, 0.1) is 13.2 Å². The molecule has 0 aromatic carbocycles. The van der Waals surface area contributed by atoms with E-state index in [1.807, 2.05) is 0 Å². The number of halogens is 30. The average Bonchev–Trinajstić information content (AvgIpc) is 2.94. The van der Waals surface area contributed by atoms with Gasteiger partial charge < -0.3 is 14.2 Å². The zero-order valence-electron chi connectivity index (χ0n) is 24.7. The van der Waals surface area contributed by atoms with Gasteiger partial charge in [-0.3, -0.25) is 0 Å². The summed E-state index contributed by atoms with van der Waals surface area (Å²) in [6, 6.07) is 0. The van der Waals surface area contributed by atoms with E-state index in [2.05, 4.69) is 14.2 Å². The fraction of sp³-hybridized carbons (Fsp3) is 1.00. The second-order valence-electron chi connectivity index (χ2n) is 10.3. The SMILES string of the molecule is CCOC(COCC(F)(F)C(F)(F)C(F)(F)C(F)(F)C(F)(F)C(F)(F)C(F)(F)F)COCC(F)(F)C(F)(F)C(F)(F)C(F)(F)C(F)(F)C(F)(F)C(F)(F)F. The van der Waals surface area contributed by atoms with Gasteiger partial charge in [-0.05, 0) is 6.92 Å². The summed E-state index contributed by atoms with van der Waals surface area (Å²) in [7, 11) is 0. The van der Waals surface area contributed by atoms with Gasteiger partial charge in [-0.25, -0.2) is 0 Å². The molecule has 0 aromatic heterocycles. The van der Waals surface area contributed by atoms with Gasteiger partial charge in [0, 0.05) is 6.61 Å². The molecule has 54 heavy (non-hydrogen) atoms. The quantitative estimate of drug-likeness (QED) is 0.114. The zero-order valence-corrected chi connectivity index (χ0v) is 24.7. The number of hydrogen-bond donors (Lipinski definition) is 0. The van der Waals surface area contributed by atoms with Crippen LogP contribution in [0.4, 0.5) is 132 Å². The van der Waals surface area contributed by atoms with Crippen molar-refractivity contribution in [3.63, 3.8) is 0 Å². The molecule has 0 N–H and O–H groups in total. The van der Waals surface area contributed by atoms with Crippen LogP contribution in [-0.4, -0.2) is 123 Å². The molecule has 0 unspecified atom stereocenters. The van der Waals surface area contributed by atoms with Crippen LogP contribution in [-0.2, 0) is 14.2 Å². The normalized spacial score (nSPS) is 16.4. The van der Waals surface area contributed by atoms with Crippen LogP contribution < -0.4 is 0 Å². The van der Waals surface area contributed by atoms with Gasteiger partial charge in [-0.1, -0.05) is 0 Å². The van der Waals surface area contributed by atoms with E-state index in [9.17, 15) is 132 Å². The molecule has 3 nitrogen and oxygen atoms in total. The third kappa shape index (κ3) is 7.86. The number of rotatable bonds is 20. The molecule has 0 saturated carbocycles. The van der Waals surface area contributed by atoms with Gasteiger partial charge in [0.25, 0.3) is 0 Å². The van der Waals surface area contributed by atoms with Gasteiger partial charge in [0.15, 0.2) is 0 Å². The Morgan fingerprint density at radius 1 is 0.315 bits per heavy atom. The lowest BCUT2D eigenvalue weighted by Crippen LogP contribution is -2.73. The minimum Gasteiger partial charge on any atom is -0.374 e. The number of ether oxygens (including phenoxy) is 3. The van der Waals surface area contributed by atoms with E-state index >= 15 is 0 Å². The van der Waals surface area contributed by atoms with Crippen molar-refractivity contribution in [1.82, 2.24) is 0 Å². The van der Waals surface area contributed by atoms with Crippen molar-refractivity contribution in [2.45, 2.75) is 96.5 Å². The van der Waals surface area contributed by atoms with Crippen molar-refractivity contribution in [2.24, 2.45) is 0 Å². The van der Waals surface area contributed by atoms with Crippen LogP contribution in [0.2, 0.25) is 0 Å². The van der Waals surface area contributed by atoms with E-state index in [4.69, 9.17) is 0 Å². The smallest absolute Gasteiger partial charge is 0.374 e. The van der Waals surface area contributed by atoms with Crippen molar-refractivity contribution in [2.75, 3.05) is 33.0 Å². The Hall–Kier alpha value is -2.22. The molecule has 33 heteroatoms. The molecule has 0 saturated heterocycles. The van der Waals surface area contributed by atoms with Crippen molar-refractivity contribution in [3.05, 3.63) is 0 Å². The lowest BCUT2D eigenvalue weighted by atomic mass is 9.91. The van der Waals surface area contributed by atoms with Gasteiger partial charge in [-0.15, -0.1) is 0 Å². The first kappa shape index (κ1) is 51.8. The average molecular weight is 884 g/mol. The summed E-state index contributed by atoms with van der Waals surface area (Å²) >= 11 is 0. The first-order valence-electron chi connectivity index (χ1n) is 12.6. The van der Waals surface area contributed by atoms with E-state index in [0.29, 0.717) is 0 Å². The zero-order chi connectivity index (χ0) is 44.2. The molecule has 0 bridgehead atoms. The topological polar surface area (TPSA) is 27.7 Å². The largest absolute Gasteiger partial charge is 0.460 e. The van der Waals surface area contributed by atoms with Crippen LogP contribution in [0.1, 0.15) is 6.92 Å². The Labute approximate surface area is 276 Å². The van der Waals surface area contributed by atoms with Crippen LogP contribution >= 0.6 is 0 Å². The molecule has 0 aliphatic rings. The van der Waals surface area contributed by atoms with Crippen molar-refractivity contribution in [3.8, 4) is 0 Å². The van der Waals surface area contributed by atoms with E-state index in [0.717, 1.165) is 6.92 Å². The molecule has 0 spiro atoms. The van der Waals surface area contributed by atoms with Gasteiger partial charge in [-0.2, -0.15) is 132 Å². The third-order valence-corrected chi connectivity index (χ3v) is 6.36. The van der Waals surface area contributed by atoms with Crippen molar-refractivity contribution in [1.29, 1.82) is 0 Å². The second-order valence-corrected chi connectivity index (χ2v) is 10.3. The maximum Gasteiger partial charge on any atom is 0.460 e. The first-order chi connectivity index (χ1) is 23.1. The highest BCUT2D eigenvalue weighted by Crippen LogP contribution is 2.64. The summed E-state index contributed by atoms with van der Waals surface area (Å²) in [5.41, 5.74) is 0. The van der Waals surface area contributed by atoms with Gasteiger partial charge >= 0.3 is 83.4 Å². The third-order valence-electron chi connectivity index (χ3n) is 6.36. The predicted octanol–water partition coefficient (Wildman–Crippen LogP) is 10.2. The molecule has 0 amide bonds.